The first-order chi connectivity index (χ1) is 23.0. The summed E-state index contributed by atoms with van der Waals surface area (Å²) in [4.78, 5) is 0. The van der Waals surface area contributed by atoms with Crippen LogP contribution in [0.2, 0.25) is 0 Å². The van der Waals surface area contributed by atoms with Crippen LogP contribution in [0, 0.1) is 0 Å². The molecule has 0 aliphatic carbocycles. The van der Waals surface area contributed by atoms with E-state index in [4.69, 9.17) is 69.4 Å². The second-order valence-corrected chi connectivity index (χ2v) is 16.6. The molecule has 0 spiro atoms. The SMILES string of the molecule is COP1(Oc2ccc(N)cc2)=NP(Oc2ccc(N)cc2)(Oc2ccc(N)cc2)=NP(Oc2ccc(N)cc2)(Oc2ccc(N)cc2)=N1. The van der Waals surface area contributed by atoms with Crippen LogP contribution in [-0.2, 0) is 4.52 Å². The number of benzene rings is 5. The van der Waals surface area contributed by atoms with Gasteiger partial charge in [0.2, 0.25) is 0 Å². The van der Waals surface area contributed by atoms with Crippen LogP contribution in [0.3, 0.4) is 0 Å². The van der Waals surface area contributed by atoms with Gasteiger partial charge >= 0.3 is 23.0 Å². The van der Waals surface area contributed by atoms with E-state index < -0.39 is 23.0 Å². The Bertz CT molecular complexity index is 1860. The largest absolute Gasteiger partial charge is 0.460 e. The maximum absolute atomic E-state index is 6.60. The molecule has 0 bridgehead atoms. The molecule has 1 heterocycles. The number of nitrogens with two attached hydrogens (primary N) is 5. The summed E-state index contributed by atoms with van der Waals surface area (Å²) in [6.07, 6.45) is 0. The third-order valence-electron chi connectivity index (χ3n) is 6.44. The second kappa shape index (κ2) is 13.5. The summed E-state index contributed by atoms with van der Waals surface area (Å²) >= 11 is 0. The number of anilines is 5. The van der Waals surface area contributed by atoms with Crippen molar-refractivity contribution >= 4 is 51.4 Å². The van der Waals surface area contributed by atoms with E-state index in [-0.39, 0.29) is 0 Å². The van der Waals surface area contributed by atoms with Gasteiger partial charge in [0.15, 0.2) is 0 Å². The van der Waals surface area contributed by atoms with E-state index in [1.54, 1.807) is 121 Å². The van der Waals surface area contributed by atoms with Crippen LogP contribution in [-0.4, -0.2) is 7.11 Å². The van der Waals surface area contributed by atoms with Gasteiger partial charge in [-0.25, -0.2) is 0 Å². The van der Waals surface area contributed by atoms with E-state index in [1.165, 1.54) is 7.11 Å². The van der Waals surface area contributed by atoms with Crippen molar-refractivity contribution in [1.82, 2.24) is 0 Å². The van der Waals surface area contributed by atoms with Gasteiger partial charge in [0, 0.05) is 35.5 Å². The van der Waals surface area contributed by atoms with Gasteiger partial charge in [-0.1, -0.05) is 4.52 Å². The Morgan fingerprint density at radius 2 is 0.521 bits per heavy atom. The second-order valence-electron chi connectivity index (χ2n) is 10.2. The normalized spacial score (nSPS) is 17.4. The maximum Gasteiger partial charge on any atom is 0.460 e. The Balaban J connectivity index is 1.65. The van der Waals surface area contributed by atoms with Crippen molar-refractivity contribution in [3.05, 3.63) is 121 Å². The summed E-state index contributed by atoms with van der Waals surface area (Å²) in [5.41, 5.74) is 32.5. The highest BCUT2D eigenvalue weighted by Crippen LogP contribution is 2.78. The number of nitrogen functional groups attached to an aromatic ring is 5. The lowest BCUT2D eigenvalue weighted by molar-refractivity contribution is 0.379. The summed E-state index contributed by atoms with van der Waals surface area (Å²) < 4.78 is 53.9. The Labute approximate surface area is 277 Å². The van der Waals surface area contributed by atoms with Gasteiger partial charge in [-0.3, -0.25) is 0 Å². The fraction of sp³-hybridized carbons (Fsp3) is 0.0323. The minimum Gasteiger partial charge on any atom is -0.422 e. The van der Waals surface area contributed by atoms with Crippen LogP contribution in [0.4, 0.5) is 28.4 Å². The average molecular weight is 707 g/mol. The van der Waals surface area contributed by atoms with Crippen molar-refractivity contribution in [2.24, 2.45) is 13.5 Å². The molecule has 0 radical (unpaired) electrons. The van der Waals surface area contributed by atoms with E-state index >= 15 is 0 Å². The predicted octanol–water partition coefficient (Wildman–Crippen LogP) is 8.79. The fourth-order valence-electron chi connectivity index (χ4n) is 4.14. The van der Waals surface area contributed by atoms with Crippen molar-refractivity contribution in [2.45, 2.75) is 0 Å². The molecule has 1 atom stereocenters. The molecule has 48 heavy (non-hydrogen) atoms. The first kappa shape index (κ1) is 32.7. The summed E-state index contributed by atoms with van der Waals surface area (Å²) in [5, 5.41) is 0. The highest BCUT2D eigenvalue weighted by Gasteiger charge is 2.47. The average Bonchev–Trinajstić information content (AvgIpc) is 3.06. The van der Waals surface area contributed by atoms with Gasteiger partial charge in [-0.2, -0.15) is 0 Å². The Hall–Kier alpha value is -5.25. The molecule has 17 heteroatoms. The molecule has 0 saturated carbocycles. The standard InChI is InChI=1S/C31H33N8O6P3/c1-40-46(41-27-12-2-22(32)3-13-27)37-47(42-28-14-4-23(33)5-15-28,43-29-16-6-24(34)7-17-29)39-48(38-46,44-30-18-8-25(35)9-19-30)45-31-20-10-26(36)11-21-31/h2-21H,32-36H2,1H3. The Morgan fingerprint density at radius 1 is 0.333 bits per heavy atom. The summed E-state index contributed by atoms with van der Waals surface area (Å²) in [7, 11) is -10.3. The zero-order valence-electron chi connectivity index (χ0n) is 25.6. The lowest BCUT2D eigenvalue weighted by Crippen LogP contribution is -2.09. The van der Waals surface area contributed by atoms with Gasteiger partial charge in [0.25, 0.3) is 0 Å². The molecule has 0 saturated heterocycles. The minimum atomic E-state index is -3.96. The van der Waals surface area contributed by atoms with E-state index in [9.17, 15) is 0 Å². The molecule has 1 unspecified atom stereocenters. The van der Waals surface area contributed by atoms with Crippen LogP contribution in [0.1, 0.15) is 0 Å². The van der Waals surface area contributed by atoms with E-state index in [2.05, 4.69) is 0 Å². The maximum atomic E-state index is 6.60. The van der Waals surface area contributed by atoms with Crippen molar-refractivity contribution < 1.29 is 27.1 Å². The molecule has 0 aromatic heterocycles. The van der Waals surface area contributed by atoms with Gasteiger partial charge < -0.3 is 55.8 Å². The molecule has 5 aromatic carbocycles. The van der Waals surface area contributed by atoms with Crippen molar-refractivity contribution in [3.8, 4) is 28.7 Å². The zero-order valence-corrected chi connectivity index (χ0v) is 28.2. The Kier molecular flexibility index (Phi) is 9.17. The van der Waals surface area contributed by atoms with E-state index in [0.29, 0.717) is 57.2 Å². The van der Waals surface area contributed by atoms with Crippen LogP contribution in [0.15, 0.2) is 135 Å². The number of rotatable bonds is 11. The monoisotopic (exact) mass is 706 g/mol. The molecule has 10 N–H and O–H groups in total. The Morgan fingerprint density at radius 3 is 0.750 bits per heavy atom. The van der Waals surface area contributed by atoms with Gasteiger partial charge in [-0.05, 0) is 121 Å². The van der Waals surface area contributed by atoms with Gasteiger partial charge in [-0.15, -0.1) is 9.03 Å². The van der Waals surface area contributed by atoms with Crippen LogP contribution in [0.5, 0.6) is 28.7 Å². The molecule has 6 rings (SSSR count). The zero-order chi connectivity index (χ0) is 33.8. The molecule has 1 aliphatic heterocycles. The number of hydrogen-bond donors (Lipinski definition) is 5. The first-order valence-corrected chi connectivity index (χ1v) is 18.9. The van der Waals surface area contributed by atoms with Crippen LogP contribution >= 0.6 is 23.0 Å². The molecule has 5 aromatic rings. The van der Waals surface area contributed by atoms with Crippen molar-refractivity contribution in [1.29, 1.82) is 0 Å². The lowest BCUT2D eigenvalue weighted by Gasteiger charge is -2.32. The van der Waals surface area contributed by atoms with Gasteiger partial charge in [0.1, 0.15) is 28.7 Å². The molecule has 14 nitrogen and oxygen atoms in total. The van der Waals surface area contributed by atoms with E-state index in [0.717, 1.165) is 0 Å². The number of hydrogen-bond acceptors (Lipinski definition) is 14. The smallest absolute Gasteiger partial charge is 0.422 e. The molecule has 0 fully saturated rings. The van der Waals surface area contributed by atoms with Crippen LogP contribution in [0.25, 0.3) is 0 Å². The topological polar surface area (TPSA) is 223 Å². The summed E-state index contributed by atoms with van der Waals surface area (Å²) in [6.45, 7) is 0. The molecular weight excluding hydrogens is 673 g/mol. The third-order valence-corrected chi connectivity index (χ3v) is 14.6. The highest BCUT2D eigenvalue weighted by molar-refractivity contribution is 7.78. The number of nitrogens with zero attached hydrogens (tertiary/aromatic N) is 3. The highest BCUT2D eigenvalue weighted by atomic mass is 31.3. The summed E-state index contributed by atoms with van der Waals surface area (Å²) in [6, 6.07) is 33.3. The first-order valence-electron chi connectivity index (χ1n) is 14.3. The fourth-order valence-corrected chi connectivity index (χ4v) is 13.1. The molecule has 0 amide bonds. The molecule has 248 valence electrons. The quantitative estimate of drug-likeness (QED) is 0.0644. The van der Waals surface area contributed by atoms with Gasteiger partial charge in [0.05, 0.1) is 0 Å². The summed E-state index contributed by atoms with van der Waals surface area (Å²) in [5.74, 6) is 1.69. The van der Waals surface area contributed by atoms with Crippen molar-refractivity contribution in [2.75, 3.05) is 35.8 Å². The predicted molar refractivity (Wildman–Crippen MR) is 192 cm³/mol. The van der Waals surface area contributed by atoms with Crippen LogP contribution < -0.4 is 51.3 Å². The lowest BCUT2D eigenvalue weighted by atomic mass is 10.3. The minimum absolute atomic E-state index is 0.335. The van der Waals surface area contributed by atoms with Crippen molar-refractivity contribution in [3.63, 3.8) is 0 Å². The molecular formula is C31H33N8O6P3. The third kappa shape index (κ3) is 7.82. The van der Waals surface area contributed by atoms with E-state index in [1.807, 2.05) is 0 Å². The molecule has 1 aliphatic rings.